The lowest BCUT2D eigenvalue weighted by Crippen LogP contribution is -2.32. The molecule has 0 unspecified atom stereocenters. The van der Waals surface area contributed by atoms with Crippen LogP contribution >= 0.6 is 12.2 Å². The lowest BCUT2D eigenvalue weighted by Gasteiger charge is -2.11. The summed E-state index contributed by atoms with van der Waals surface area (Å²) >= 11 is 5.31. The number of hydrogen-bond donors (Lipinski definition) is 2. The van der Waals surface area contributed by atoms with E-state index in [4.69, 9.17) is 21.7 Å². The summed E-state index contributed by atoms with van der Waals surface area (Å²) in [7, 11) is 0. The SMILES string of the molecule is CCCCCCCCCCCCCCCCNC(=S)N/N=C/c1ccc(OCC)c(OCC)c1. The van der Waals surface area contributed by atoms with Crippen LogP contribution < -0.4 is 20.2 Å². The minimum Gasteiger partial charge on any atom is -0.490 e. The van der Waals surface area contributed by atoms with Crippen LogP contribution in [0.1, 0.15) is 116 Å². The van der Waals surface area contributed by atoms with Gasteiger partial charge in [0.2, 0.25) is 0 Å². The highest BCUT2D eigenvalue weighted by Gasteiger charge is 2.05. The molecule has 2 N–H and O–H groups in total. The first kappa shape index (κ1) is 30.2. The molecule has 0 aliphatic carbocycles. The lowest BCUT2D eigenvalue weighted by molar-refractivity contribution is 0.288. The zero-order valence-electron chi connectivity index (χ0n) is 22.0. The number of unbranched alkanes of at least 4 members (excludes halogenated alkanes) is 13. The van der Waals surface area contributed by atoms with Crippen LogP contribution in [0.3, 0.4) is 0 Å². The summed E-state index contributed by atoms with van der Waals surface area (Å²) in [5.41, 5.74) is 3.81. The Hall–Kier alpha value is -1.82. The summed E-state index contributed by atoms with van der Waals surface area (Å²) in [5.74, 6) is 1.48. The van der Waals surface area contributed by atoms with Crippen molar-refractivity contribution in [2.45, 2.75) is 111 Å². The van der Waals surface area contributed by atoms with Gasteiger partial charge >= 0.3 is 0 Å². The number of hydrazone groups is 1. The number of hydrogen-bond acceptors (Lipinski definition) is 4. The largest absolute Gasteiger partial charge is 0.490 e. The topological polar surface area (TPSA) is 54.9 Å². The minimum absolute atomic E-state index is 0.557. The second kappa shape index (κ2) is 21.7. The van der Waals surface area contributed by atoms with Crippen LogP contribution in [0.15, 0.2) is 23.3 Å². The summed E-state index contributed by atoms with van der Waals surface area (Å²) in [4.78, 5) is 0. The fourth-order valence-corrected chi connectivity index (χ4v) is 4.03. The normalized spacial score (nSPS) is 11.0. The summed E-state index contributed by atoms with van der Waals surface area (Å²) < 4.78 is 11.2. The molecule has 34 heavy (non-hydrogen) atoms. The molecule has 0 aromatic heterocycles. The van der Waals surface area contributed by atoms with E-state index in [1.165, 1.54) is 83.5 Å². The molecule has 194 valence electrons. The first-order valence-electron chi connectivity index (χ1n) is 13.7. The summed E-state index contributed by atoms with van der Waals surface area (Å²) in [6, 6.07) is 5.77. The molecule has 0 aliphatic rings. The van der Waals surface area contributed by atoms with Gasteiger partial charge in [0.05, 0.1) is 19.4 Å². The highest BCUT2D eigenvalue weighted by atomic mass is 32.1. The molecule has 0 amide bonds. The van der Waals surface area contributed by atoms with Gasteiger partial charge in [-0.05, 0) is 56.2 Å². The number of nitrogens with zero attached hydrogens (tertiary/aromatic N) is 1. The Bertz CT molecular complexity index is 667. The van der Waals surface area contributed by atoms with Crippen LogP contribution in [-0.4, -0.2) is 31.1 Å². The van der Waals surface area contributed by atoms with Crippen molar-refractivity contribution in [2.75, 3.05) is 19.8 Å². The van der Waals surface area contributed by atoms with E-state index in [9.17, 15) is 0 Å². The van der Waals surface area contributed by atoms with Crippen molar-refractivity contribution in [3.63, 3.8) is 0 Å². The predicted octanol–water partition coefficient (Wildman–Crippen LogP) is 7.76. The summed E-state index contributed by atoms with van der Waals surface area (Å²) in [6.45, 7) is 8.28. The minimum atomic E-state index is 0.557. The second-order valence-electron chi connectivity index (χ2n) is 8.79. The summed E-state index contributed by atoms with van der Waals surface area (Å²) in [5, 5.41) is 8.02. The Morgan fingerprint density at radius 3 is 1.85 bits per heavy atom. The highest BCUT2D eigenvalue weighted by molar-refractivity contribution is 7.80. The molecular weight excluding hydrogens is 442 g/mol. The van der Waals surface area contributed by atoms with E-state index in [2.05, 4.69) is 22.8 Å². The highest BCUT2D eigenvalue weighted by Crippen LogP contribution is 2.28. The monoisotopic (exact) mass is 491 g/mol. The molecule has 0 aliphatic heterocycles. The Labute approximate surface area is 214 Å². The molecule has 0 saturated heterocycles. The third-order valence-corrected chi connectivity index (χ3v) is 6.00. The molecule has 0 saturated carbocycles. The van der Waals surface area contributed by atoms with Crippen molar-refractivity contribution in [1.29, 1.82) is 0 Å². The predicted molar refractivity (Wildman–Crippen MR) is 150 cm³/mol. The maximum absolute atomic E-state index is 5.65. The van der Waals surface area contributed by atoms with E-state index in [-0.39, 0.29) is 0 Å². The van der Waals surface area contributed by atoms with E-state index in [0.29, 0.717) is 18.3 Å². The Balaban J connectivity index is 2.02. The molecule has 0 atom stereocenters. The summed E-state index contributed by atoms with van der Waals surface area (Å²) in [6.07, 6.45) is 20.9. The van der Waals surface area contributed by atoms with Crippen LogP contribution in [0, 0.1) is 0 Å². The van der Waals surface area contributed by atoms with Crippen molar-refractivity contribution in [3.8, 4) is 11.5 Å². The molecule has 5 nitrogen and oxygen atoms in total. The van der Waals surface area contributed by atoms with E-state index in [0.717, 1.165) is 30.0 Å². The molecule has 1 rings (SSSR count). The molecule has 0 heterocycles. The first-order valence-corrected chi connectivity index (χ1v) is 14.1. The smallest absolute Gasteiger partial charge is 0.186 e. The molecule has 6 heteroatoms. The van der Waals surface area contributed by atoms with E-state index < -0.39 is 0 Å². The third kappa shape index (κ3) is 15.9. The Morgan fingerprint density at radius 2 is 1.29 bits per heavy atom. The molecule has 0 fully saturated rings. The quantitative estimate of drug-likeness (QED) is 0.0796. The fourth-order valence-electron chi connectivity index (χ4n) is 3.87. The van der Waals surface area contributed by atoms with Gasteiger partial charge in [-0.25, -0.2) is 0 Å². The molecule has 0 radical (unpaired) electrons. The van der Waals surface area contributed by atoms with Crippen LogP contribution in [0.5, 0.6) is 11.5 Å². The van der Waals surface area contributed by atoms with Crippen molar-refractivity contribution in [3.05, 3.63) is 23.8 Å². The van der Waals surface area contributed by atoms with Crippen molar-refractivity contribution in [1.82, 2.24) is 10.7 Å². The van der Waals surface area contributed by atoms with E-state index in [1.54, 1.807) is 6.21 Å². The fraction of sp³-hybridized carbons (Fsp3) is 0.714. The number of rotatable bonds is 21. The Morgan fingerprint density at radius 1 is 0.765 bits per heavy atom. The van der Waals surface area contributed by atoms with Gasteiger partial charge < -0.3 is 14.8 Å². The van der Waals surface area contributed by atoms with Gasteiger partial charge in [0, 0.05) is 6.54 Å². The Kier molecular flexibility index (Phi) is 19.3. The van der Waals surface area contributed by atoms with Crippen molar-refractivity contribution >= 4 is 23.5 Å². The lowest BCUT2D eigenvalue weighted by atomic mass is 10.0. The molecule has 0 bridgehead atoms. The van der Waals surface area contributed by atoms with E-state index >= 15 is 0 Å². The van der Waals surface area contributed by atoms with E-state index in [1.807, 2.05) is 32.0 Å². The molecule has 1 aromatic carbocycles. The zero-order chi connectivity index (χ0) is 24.7. The molecule has 1 aromatic rings. The zero-order valence-corrected chi connectivity index (χ0v) is 22.8. The van der Waals surface area contributed by atoms with Crippen LogP contribution in [-0.2, 0) is 0 Å². The van der Waals surface area contributed by atoms with Gasteiger partial charge in [-0.15, -0.1) is 0 Å². The van der Waals surface area contributed by atoms with Crippen molar-refractivity contribution < 1.29 is 9.47 Å². The van der Waals surface area contributed by atoms with Crippen LogP contribution in [0.4, 0.5) is 0 Å². The van der Waals surface area contributed by atoms with Crippen molar-refractivity contribution in [2.24, 2.45) is 5.10 Å². The number of nitrogens with one attached hydrogen (secondary N) is 2. The van der Waals surface area contributed by atoms with Gasteiger partial charge in [0.1, 0.15) is 0 Å². The molecule has 0 spiro atoms. The third-order valence-electron chi connectivity index (χ3n) is 5.76. The first-order chi connectivity index (χ1) is 16.7. The average Bonchev–Trinajstić information content (AvgIpc) is 2.83. The van der Waals surface area contributed by atoms with Gasteiger partial charge in [-0.2, -0.15) is 5.10 Å². The standard InChI is InChI=1S/C28H49N3O2S/c1-4-7-8-9-10-11-12-13-14-15-16-17-18-19-22-29-28(34)31-30-24-25-20-21-26(32-5-2)27(23-25)33-6-3/h20-21,23-24H,4-19,22H2,1-3H3,(H2,29,31,34)/b30-24+. The number of ether oxygens (including phenoxy) is 2. The van der Waals surface area contributed by atoms with Gasteiger partial charge in [-0.3, -0.25) is 5.43 Å². The maximum atomic E-state index is 5.65. The van der Waals surface area contributed by atoms with Gasteiger partial charge in [-0.1, -0.05) is 90.4 Å². The van der Waals surface area contributed by atoms with Gasteiger partial charge in [0.25, 0.3) is 0 Å². The maximum Gasteiger partial charge on any atom is 0.186 e. The average molecular weight is 492 g/mol. The second-order valence-corrected chi connectivity index (χ2v) is 9.20. The van der Waals surface area contributed by atoms with Crippen LogP contribution in [0.25, 0.3) is 0 Å². The number of benzene rings is 1. The van der Waals surface area contributed by atoms with Gasteiger partial charge in [0.15, 0.2) is 16.6 Å². The van der Waals surface area contributed by atoms with Crippen LogP contribution in [0.2, 0.25) is 0 Å². The molecular formula is C28H49N3O2S. The number of thiocarbonyl (C=S) groups is 1.